The van der Waals surface area contributed by atoms with Crippen molar-refractivity contribution in [2.75, 3.05) is 10.8 Å². The SMILES string of the molecule is Cc1ccc(S(=O)(=O)N2CC/C=C\Cc3c2ccc2ccccc32)cc1. The van der Waals surface area contributed by atoms with E-state index in [1.54, 1.807) is 16.4 Å². The first kappa shape index (κ1) is 16.9. The van der Waals surface area contributed by atoms with Gasteiger partial charge in [0.15, 0.2) is 0 Å². The molecule has 0 N–H and O–H groups in total. The lowest BCUT2D eigenvalue weighted by Crippen LogP contribution is -2.33. The highest BCUT2D eigenvalue weighted by Gasteiger charge is 2.27. The molecule has 0 spiro atoms. The number of hydrogen-bond acceptors (Lipinski definition) is 2. The van der Waals surface area contributed by atoms with Crippen LogP contribution >= 0.6 is 0 Å². The fourth-order valence-electron chi connectivity index (χ4n) is 3.49. The van der Waals surface area contributed by atoms with Crippen molar-refractivity contribution < 1.29 is 8.42 Å². The van der Waals surface area contributed by atoms with Crippen molar-refractivity contribution in [3.8, 4) is 0 Å². The number of sulfonamides is 1. The Morgan fingerprint density at radius 2 is 1.65 bits per heavy atom. The highest BCUT2D eigenvalue weighted by molar-refractivity contribution is 7.92. The summed E-state index contributed by atoms with van der Waals surface area (Å²) in [7, 11) is -3.60. The van der Waals surface area contributed by atoms with Crippen molar-refractivity contribution >= 4 is 26.5 Å². The molecule has 1 aliphatic rings. The lowest BCUT2D eigenvalue weighted by molar-refractivity contribution is 0.590. The summed E-state index contributed by atoms with van der Waals surface area (Å²) in [5.74, 6) is 0. The lowest BCUT2D eigenvalue weighted by Gasteiger charge is -2.28. The van der Waals surface area contributed by atoms with Gasteiger partial charge in [0.05, 0.1) is 10.6 Å². The molecule has 3 aromatic rings. The summed E-state index contributed by atoms with van der Waals surface area (Å²) in [6.07, 6.45) is 5.65. The van der Waals surface area contributed by atoms with Crippen LogP contribution in [0.3, 0.4) is 0 Å². The van der Waals surface area contributed by atoms with Crippen molar-refractivity contribution in [2.24, 2.45) is 0 Å². The number of aryl methyl sites for hydroxylation is 1. The topological polar surface area (TPSA) is 37.4 Å². The normalized spacial score (nSPS) is 16.0. The molecule has 1 heterocycles. The first-order valence-corrected chi connectivity index (χ1v) is 10.3. The molecule has 132 valence electrons. The molecule has 3 nitrogen and oxygen atoms in total. The van der Waals surface area contributed by atoms with Gasteiger partial charge in [-0.3, -0.25) is 4.31 Å². The Morgan fingerprint density at radius 1 is 0.885 bits per heavy atom. The Labute approximate surface area is 154 Å². The third-order valence-electron chi connectivity index (χ3n) is 4.88. The molecule has 0 radical (unpaired) electrons. The lowest BCUT2D eigenvalue weighted by atomic mass is 9.99. The molecule has 0 saturated carbocycles. The van der Waals surface area contributed by atoms with Gasteiger partial charge in [-0.2, -0.15) is 0 Å². The van der Waals surface area contributed by atoms with Crippen LogP contribution in [-0.2, 0) is 16.4 Å². The van der Waals surface area contributed by atoms with Crippen LogP contribution in [0.15, 0.2) is 77.7 Å². The summed E-state index contributed by atoms with van der Waals surface area (Å²) in [6, 6.07) is 19.2. The highest BCUT2D eigenvalue weighted by Crippen LogP contribution is 2.34. The molecule has 0 fully saturated rings. The van der Waals surface area contributed by atoms with Crippen LogP contribution in [0.25, 0.3) is 10.8 Å². The van der Waals surface area contributed by atoms with E-state index in [9.17, 15) is 8.42 Å². The molecule has 0 bridgehead atoms. The number of anilines is 1. The predicted octanol–water partition coefficient (Wildman–Crippen LogP) is 4.85. The standard InChI is InChI=1S/C22H21NO2S/c1-17-10-13-19(14-11-17)26(24,25)23-16-6-2-3-9-21-20-8-5-4-7-18(20)12-15-22(21)23/h2-5,7-8,10-15H,6,9,16H2,1H3/b3-2-. The van der Waals surface area contributed by atoms with Gasteiger partial charge in [-0.25, -0.2) is 8.42 Å². The molecular weight excluding hydrogens is 342 g/mol. The number of benzene rings is 3. The van der Waals surface area contributed by atoms with Crippen LogP contribution in [0, 0.1) is 6.92 Å². The summed E-state index contributed by atoms with van der Waals surface area (Å²) >= 11 is 0. The third kappa shape index (κ3) is 2.90. The van der Waals surface area contributed by atoms with Gasteiger partial charge in [-0.1, -0.05) is 60.2 Å². The number of rotatable bonds is 2. The highest BCUT2D eigenvalue weighted by atomic mass is 32.2. The summed E-state index contributed by atoms with van der Waals surface area (Å²) < 4.78 is 28.3. The quantitative estimate of drug-likeness (QED) is 0.611. The van der Waals surface area contributed by atoms with E-state index in [2.05, 4.69) is 24.3 Å². The van der Waals surface area contributed by atoms with Crippen molar-refractivity contribution in [3.05, 3.63) is 83.9 Å². The average molecular weight is 363 g/mol. The average Bonchev–Trinajstić information content (AvgIpc) is 2.62. The Bertz CT molecular complexity index is 1080. The molecule has 4 heteroatoms. The minimum Gasteiger partial charge on any atom is -0.266 e. The molecule has 0 atom stereocenters. The predicted molar refractivity (Wildman–Crippen MR) is 107 cm³/mol. The zero-order valence-electron chi connectivity index (χ0n) is 14.7. The molecular formula is C22H21NO2S. The Balaban J connectivity index is 1.91. The second-order valence-corrected chi connectivity index (χ2v) is 8.50. The third-order valence-corrected chi connectivity index (χ3v) is 6.71. The van der Waals surface area contributed by atoms with E-state index in [0.717, 1.165) is 34.0 Å². The second-order valence-electron chi connectivity index (χ2n) is 6.64. The van der Waals surface area contributed by atoms with Crippen molar-refractivity contribution in [2.45, 2.75) is 24.7 Å². The van der Waals surface area contributed by atoms with Crippen molar-refractivity contribution in [1.82, 2.24) is 0 Å². The van der Waals surface area contributed by atoms with Gasteiger partial charge in [0.1, 0.15) is 0 Å². The monoisotopic (exact) mass is 363 g/mol. The van der Waals surface area contributed by atoms with Crippen LogP contribution in [0.5, 0.6) is 0 Å². The smallest absolute Gasteiger partial charge is 0.264 e. The zero-order valence-corrected chi connectivity index (χ0v) is 15.5. The Hall–Kier alpha value is -2.59. The largest absolute Gasteiger partial charge is 0.266 e. The van der Waals surface area contributed by atoms with E-state index in [0.29, 0.717) is 17.9 Å². The molecule has 1 aliphatic heterocycles. The minimum absolute atomic E-state index is 0.340. The van der Waals surface area contributed by atoms with Crippen LogP contribution in [0.2, 0.25) is 0 Å². The molecule has 0 saturated heterocycles. The maximum atomic E-state index is 13.4. The van der Waals surface area contributed by atoms with Crippen molar-refractivity contribution in [1.29, 1.82) is 0 Å². The number of hydrogen-bond donors (Lipinski definition) is 0. The zero-order chi connectivity index (χ0) is 18.1. The van der Waals surface area contributed by atoms with E-state index in [-0.39, 0.29) is 0 Å². The Kier molecular flexibility index (Phi) is 4.29. The van der Waals surface area contributed by atoms with Gasteiger partial charge in [0.25, 0.3) is 10.0 Å². The van der Waals surface area contributed by atoms with Gasteiger partial charge in [-0.05, 0) is 54.3 Å². The Morgan fingerprint density at radius 3 is 2.46 bits per heavy atom. The van der Waals surface area contributed by atoms with E-state index >= 15 is 0 Å². The van der Waals surface area contributed by atoms with E-state index < -0.39 is 10.0 Å². The minimum atomic E-state index is -3.60. The van der Waals surface area contributed by atoms with Gasteiger partial charge in [0, 0.05) is 6.54 Å². The molecule has 26 heavy (non-hydrogen) atoms. The maximum Gasteiger partial charge on any atom is 0.264 e. The fourth-order valence-corrected chi connectivity index (χ4v) is 5.00. The summed E-state index contributed by atoms with van der Waals surface area (Å²) in [6.45, 7) is 2.40. The number of nitrogens with zero attached hydrogens (tertiary/aromatic N) is 1. The number of fused-ring (bicyclic) bond motifs is 3. The number of allylic oxidation sites excluding steroid dienone is 1. The van der Waals surface area contributed by atoms with E-state index in [4.69, 9.17) is 0 Å². The first-order valence-electron chi connectivity index (χ1n) is 8.82. The van der Waals surface area contributed by atoms with Crippen LogP contribution in [0.4, 0.5) is 5.69 Å². The molecule has 0 unspecified atom stereocenters. The van der Waals surface area contributed by atoms with Gasteiger partial charge in [0.2, 0.25) is 0 Å². The summed E-state index contributed by atoms with van der Waals surface area (Å²) in [5.41, 5.74) is 2.90. The molecule has 0 aromatic heterocycles. The van der Waals surface area contributed by atoms with Gasteiger partial charge >= 0.3 is 0 Å². The maximum absolute atomic E-state index is 13.4. The van der Waals surface area contributed by atoms with Crippen LogP contribution < -0.4 is 4.31 Å². The molecule has 4 rings (SSSR count). The van der Waals surface area contributed by atoms with Crippen LogP contribution in [0.1, 0.15) is 17.5 Å². The van der Waals surface area contributed by atoms with E-state index in [1.807, 2.05) is 43.3 Å². The van der Waals surface area contributed by atoms with Gasteiger partial charge in [-0.15, -0.1) is 0 Å². The molecule has 3 aromatic carbocycles. The van der Waals surface area contributed by atoms with Crippen molar-refractivity contribution in [3.63, 3.8) is 0 Å². The summed E-state index contributed by atoms with van der Waals surface area (Å²) in [4.78, 5) is 0.340. The van der Waals surface area contributed by atoms with Gasteiger partial charge < -0.3 is 0 Å². The van der Waals surface area contributed by atoms with Crippen LogP contribution in [-0.4, -0.2) is 15.0 Å². The molecule has 0 amide bonds. The second kappa shape index (κ2) is 6.61. The first-order chi connectivity index (χ1) is 12.6. The molecule has 0 aliphatic carbocycles. The van der Waals surface area contributed by atoms with E-state index in [1.165, 1.54) is 0 Å². The fraction of sp³-hybridized carbons (Fsp3) is 0.182. The summed E-state index contributed by atoms with van der Waals surface area (Å²) in [5, 5.41) is 2.24.